The molecule has 0 unspecified atom stereocenters. The largest absolute Gasteiger partial charge is 0.353 e. The number of nitrogens with zero attached hydrogens (tertiary/aromatic N) is 6. The zero-order chi connectivity index (χ0) is 19.5. The van der Waals surface area contributed by atoms with Gasteiger partial charge in [0.2, 0.25) is 5.95 Å². The van der Waals surface area contributed by atoms with Crippen molar-refractivity contribution < 1.29 is 0 Å². The lowest BCUT2D eigenvalue weighted by Gasteiger charge is -2.35. The van der Waals surface area contributed by atoms with Crippen molar-refractivity contribution in [3.05, 3.63) is 59.1 Å². The summed E-state index contributed by atoms with van der Waals surface area (Å²) < 4.78 is 0. The van der Waals surface area contributed by atoms with Crippen LogP contribution in [0.25, 0.3) is 0 Å². The van der Waals surface area contributed by atoms with Crippen LogP contribution in [-0.2, 0) is 0 Å². The van der Waals surface area contributed by atoms with E-state index in [1.54, 1.807) is 12.4 Å². The number of hydrogen-bond acceptors (Lipinski definition) is 7. The van der Waals surface area contributed by atoms with E-state index in [2.05, 4.69) is 35.1 Å². The first-order valence-corrected chi connectivity index (χ1v) is 9.62. The SMILES string of the molecule is Cc1nc(Nc2cc(Cl)ccc2C)cc(N2CCN(c3ncccn3)CC2)n1. The minimum atomic E-state index is 0.693. The van der Waals surface area contributed by atoms with Crippen LogP contribution in [0.15, 0.2) is 42.7 Å². The lowest BCUT2D eigenvalue weighted by molar-refractivity contribution is 0.633. The topological polar surface area (TPSA) is 70.1 Å². The predicted molar refractivity (Wildman–Crippen MR) is 113 cm³/mol. The first-order chi connectivity index (χ1) is 13.6. The summed E-state index contributed by atoms with van der Waals surface area (Å²) in [7, 11) is 0. The summed E-state index contributed by atoms with van der Waals surface area (Å²) in [5, 5.41) is 4.07. The Morgan fingerprint density at radius 3 is 2.39 bits per heavy atom. The van der Waals surface area contributed by atoms with Crippen molar-refractivity contribution in [1.29, 1.82) is 0 Å². The van der Waals surface area contributed by atoms with E-state index >= 15 is 0 Å². The number of anilines is 4. The number of benzene rings is 1. The first-order valence-electron chi connectivity index (χ1n) is 9.24. The van der Waals surface area contributed by atoms with Gasteiger partial charge in [0.15, 0.2) is 0 Å². The van der Waals surface area contributed by atoms with E-state index in [4.69, 9.17) is 11.6 Å². The molecule has 0 amide bonds. The highest BCUT2D eigenvalue weighted by molar-refractivity contribution is 6.30. The zero-order valence-electron chi connectivity index (χ0n) is 15.9. The molecule has 2 aromatic heterocycles. The summed E-state index contributed by atoms with van der Waals surface area (Å²) in [5.41, 5.74) is 2.06. The normalized spacial score (nSPS) is 14.2. The molecule has 3 aromatic rings. The van der Waals surface area contributed by atoms with E-state index in [-0.39, 0.29) is 0 Å². The maximum atomic E-state index is 6.14. The molecule has 1 aliphatic rings. The van der Waals surface area contributed by atoms with E-state index in [1.165, 1.54) is 0 Å². The molecule has 4 rings (SSSR count). The lowest BCUT2D eigenvalue weighted by atomic mass is 10.2. The molecule has 0 saturated carbocycles. The van der Waals surface area contributed by atoms with E-state index in [9.17, 15) is 0 Å². The van der Waals surface area contributed by atoms with E-state index in [1.807, 2.05) is 44.2 Å². The Morgan fingerprint density at radius 1 is 0.929 bits per heavy atom. The van der Waals surface area contributed by atoms with Crippen molar-refractivity contribution in [2.45, 2.75) is 13.8 Å². The van der Waals surface area contributed by atoms with Crippen LogP contribution in [0.4, 0.5) is 23.3 Å². The molecule has 0 radical (unpaired) electrons. The molecule has 1 aromatic carbocycles. The minimum Gasteiger partial charge on any atom is -0.353 e. The third-order valence-corrected chi connectivity index (χ3v) is 4.96. The van der Waals surface area contributed by atoms with Crippen molar-refractivity contribution in [3.63, 3.8) is 0 Å². The summed E-state index contributed by atoms with van der Waals surface area (Å²) in [6.07, 6.45) is 3.55. The number of rotatable bonds is 4. The van der Waals surface area contributed by atoms with Gasteiger partial charge in [-0.05, 0) is 37.6 Å². The molecule has 1 fully saturated rings. The van der Waals surface area contributed by atoms with Gasteiger partial charge in [0.1, 0.15) is 17.5 Å². The van der Waals surface area contributed by atoms with Gasteiger partial charge in [-0.15, -0.1) is 0 Å². The molecule has 0 spiro atoms. The van der Waals surface area contributed by atoms with Crippen LogP contribution in [0.1, 0.15) is 11.4 Å². The lowest BCUT2D eigenvalue weighted by Crippen LogP contribution is -2.47. The van der Waals surface area contributed by atoms with Crippen molar-refractivity contribution >= 4 is 34.9 Å². The highest BCUT2D eigenvalue weighted by Gasteiger charge is 2.20. The number of aromatic nitrogens is 4. The standard InChI is InChI=1S/C20H22ClN7/c1-14-4-5-16(21)12-17(14)26-18-13-19(25-15(2)24-18)27-8-10-28(11-9-27)20-22-6-3-7-23-20/h3-7,12-13H,8-11H2,1-2H3,(H,24,25,26). The van der Waals surface area contributed by atoms with Crippen molar-refractivity contribution in [2.75, 3.05) is 41.3 Å². The third kappa shape index (κ3) is 4.14. The van der Waals surface area contributed by atoms with Crippen molar-refractivity contribution in [1.82, 2.24) is 19.9 Å². The molecule has 7 nitrogen and oxygen atoms in total. The van der Waals surface area contributed by atoms with Gasteiger partial charge in [0, 0.05) is 55.3 Å². The highest BCUT2D eigenvalue weighted by atomic mass is 35.5. The van der Waals surface area contributed by atoms with Crippen molar-refractivity contribution in [3.8, 4) is 0 Å². The zero-order valence-corrected chi connectivity index (χ0v) is 16.7. The fourth-order valence-corrected chi connectivity index (χ4v) is 3.41. The van der Waals surface area contributed by atoms with Crippen LogP contribution in [0.2, 0.25) is 5.02 Å². The van der Waals surface area contributed by atoms with Crippen LogP contribution in [0.5, 0.6) is 0 Å². The quantitative estimate of drug-likeness (QED) is 0.723. The van der Waals surface area contributed by atoms with E-state index < -0.39 is 0 Å². The molecule has 28 heavy (non-hydrogen) atoms. The molecule has 0 aliphatic carbocycles. The number of hydrogen-bond donors (Lipinski definition) is 1. The molecule has 144 valence electrons. The van der Waals surface area contributed by atoms with Gasteiger partial charge in [-0.2, -0.15) is 0 Å². The number of halogens is 1. The van der Waals surface area contributed by atoms with E-state index in [0.717, 1.165) is 60.8 Å². The number of piperazine rings is 1. The van der Waals surface area contributed by atoms with Crippen LogP contribution < -0.4 is 15.1 Å². The molecule has 1 N–H and O–H groups in total. The molecular formula is C20H22ClN7. The highest BCUT2D eigenvalue weighted by Crippen LogP contribution is 2.25. The van der Waals surface area contributed by atoms with Crippen LogP contribution in [0, 0.1) is 13.8 Å². The molecule has 1 aliphatic heterocycles. The summed E-state index contributed by atoms with van der Waals surface area (Å²) >= 11 is 6.14. The summed E-state index contributed by atoms with van der Waals surface area (Å²) in [6, 6.07) is 9.60. The predicted octanol–water partition coefficient (Wildman–Crippen LogP) is 3.61. The Hall–Kier alpha value is -2.93. The van der Waals surface area contributed by atoms with Gasteiger partial charge < -0.3 is 15.1 Å². The van der Waals surface area contributed by atoms with Crippen molar-refractivity contribution in [2.24, 2.45) is 0 Å². The summed E-state index contributed by atoms with van der Waals surface area (Å²) in [4.78, 5) is 22.3. The van der Waals surface area contributed by atoms with Gasteiger partial charge in [-0.3, -0.25) is 0 Å². The van der Waals surface area contributed by atoms with Gasteiger partial charge in [-0.1, -0.05) is 17.7 Å². The van der Waals surface area contributed by atoms with Crippen LogP contribution >= 0.6 is 11.6 Å². The Bertz CT molecular complexity index is 956. The molecule has 3 heterocycles. The van der Waals surface area contributed by atoms with Gasteiger partial charge >= 0.3 is 0 Å². The smallest absolute Gasteiger partial charge is 0.225 e. The second-order valence-corrected chi connectivity index (χ2v) is 7.20. The fourth-order valence-electron chi connectivity index (χ4n) is 3.23. The molecule has 0 atom stereocenters. The number of aryl methyl sites for hydroxylation is 2. The maximum absolute atomic E-state index is 6.14. The Kier molecular flexibility index (Phi) is 5.25. The average molecular weight is 396 g/mol. The Balaban J connectivity index is 1.49. The van der Waals surface area contributed by atoms with Gasteiger partial charge in [-0.25, -0.2) is 19.9 Å². The molecule has 8 heteroatoms. The van der Waals surface area contributed by atoms with Crippen LogP contribution in [-0.4, -0.2) is 46.1 Å². The minimum absolute atomic E-state index is 0.693. The maximum Gasteiger partial charge on any atom is 0.225 e. The van der Waals surface area contributed by atoms with Gasteiger partial charge in [0.25, 0.3) is 0 Å². The van der Waals surface area contributed by atoms with E-state index in [0.29, 0.717) is 5.02 Å². The molecule has 0 bridgehead atoms. The third-order valence-electron chi connectivity index (χ3n) is 4.73. The molecule has 1 saturated heterocycles. The Morgan fingerprint density at radius 2 is 1.64 bits per heavy atom. The number of nitrogens with one attached hydrogen (secondary N) is 1. The van der Waals surface area contributed by atoms with Gasteiger partial charge in [0.05, 0.1) is 0 Å². The average Bonchev–Trinajstić information content (AvgIpc) is 2.71. The second-order valence-electron chi connectivity index (χ2n) is 6.77. The second kappa shape index (κ2) is 7.98. The Labute approximate surface area is 169 Å². The fraction of sp³-hybridized carbons (Fsp3) is 0.300. The first kappa shape index (κ1) is 18.4. The summed E-state index contributed by atoms with van der Waals surface area (Å²) in [5.74, 6) is 3.19. The van der Waals surface area contributed by atoms with Crippen LogP contribution in [0.3, 0.4) is 0 Å². The molecular weight excluding hydrogens is 374 g/mol. The monoisotopic (exact) mass is 395 g/mol. The summed E-state index contributed by atoms with van der Waals surface area (Å²) in [6.45, 7) is 7.35.